The lowest BCUT2D eigenvalue weighted by atomic mass is 10.0. The number of morpholine rings is 1. The predicted molar refractivity (Wildman–Crippen MR) is 147 cm³/mol. The molecule has 1 amide bonds. The summed E-state index contributed by atoms with van der Waals surface area (Å²) in [5.74, 6) is -0.373. The van der Waals surface area contributed by atoms with Crippen LogP contribution in [0.5, 0.6) is 0 Å². The molecule has 7 rings (SSSR count). The molecule has 2 saturated heterocycles. The Morgan fingerprint density at radius 3 is 2.40 bits per heavy atom. The number of pyridine rings is 1. The Hall–Kier alpha value is -4.78. The van der Waals surface area contributed by atoms with Gasteiger partial charge in [-0.3, -0.25) is 4.79 Å². The summed E-state index contributed by atoms with van der Waals surface area (Å²) < 4.78 is 52.4. The molecule has 3 aliphatic rings. The molecule has 3 aliphatic heterocycles. The number of aromatic nitrogens is 3. The number of fused-ring (bicyclic) bond motifs is 3. The number of nitrogens with zero attached hydrogens (tertiary/aromatic N) is 5. The first-order valence-corrected chi connectivity index (χ1v) is 13.4. The lowest BCUT2D eigenvalue weighted by Crippen LogP contribution is -2.46. The highest BCUT2D eigenvalue weighted by Crippen LogP contribution is 2.40. The summed E-state index contributed by atoms with van der Waals surface area (Å²) >= 11 is 0. The van der Waals surface area contributed by atoms with Crippen molar-refractivity contribution in [1.29, 1.82) is 0 Å². The molecule has 3 atom stereocenters. The van der Waals surface area contributed by atoms with Gasteiger partial charge < -0.3 is 24.7 Å². The minimum absolute atomic E-state index is 0.0378. The lowest BCUT2D eigenvalue weighted by molar-refractivity contribution is -0.141. The van der Waals surface area contributed by atoms with Crippen LogP contribution in [0.2, 0.25) is 0 Å². The number of benzodiazepines with no additional fused rings is 1. The van der Waals surface area contributed by atoms with Gasteiger partial charge in [0.1, 0.15) is 11.5 Å². The summed E-state index contributed by atoms with van der Waals surface area (Å²) in [6.07, 6.45) is -4.21. The summed E-state index contributed by atoms with van der Waals surface area (Å²) in [5.41, 5.74) is 1.98. The molecule has 42 heavy (non-hydrogen) atoms. The number of anilines is 3. The average molecular weight is 576 g/mol. The molecule has 2 fully saturated rings. The predicted octanol–water partition coefficient (Wildman–Crippen LogP) is 4.75. The smallest absolute Gasteiger partial charge is 0.403 e. The molecule has 2 unspecified atom stereocenters. The first-order chi connectivity index (χ1) is 20.3. The third kappa shape index (κ3) is 4.75. The minimum atomic E-state index is -4.63. The molecule has 10 nitrogen and oxygen atoms in total. The largest absolute Gasteiger partial charge is 0.433 e. The van der Waals surface area contributed by atoms with Gasteiger partial charge in [0.25, 0.3) is 11.8 Å². The van der Waals surface area contributed by atoms with E-state index in [2.05, 4.69) is 25.8 Å². The highest BCUT2D eigenvalue weighted by atomic mass is 19.4. The van der Waals surface area contributed by atoms with Crippen molar-refractivity contribution in [3.05, 3.63) is 83.6 Å². The van der Waals surface area contributed by atoms with Crippen LogP contribution < -0.4 is 15.5 Å². The number of hydrogen-bond donors (Lipinski definition) is 2. The summed E-state index contributed by atoms with van der Waals surface area (Å²) in [6, 6.07) is 18.6. The SMILES string of the molecule is O=C1Nc2ccccc2C(c2ccccc2)=N[C@@H]1Nc1nnc(-c2ccc(C(F)(F)F)nc2N2C3CCC2COC3)o1. The fraction of sp³-hybridized carbons (Fsp3) is 0.276. The minimum Gasteiger partial charge on any atom is -0.403 e. The fourth-order valence-electron chi connectivity index (χ4n) is 5.63. The monoisotopic (exact) mass is 575 g/mol. The number of aliphatic imine (C=N–C) groups is 1. The second-order valence-corrected chi connectivity index (χ2v) is 10.2. The third-order valence-electron chi connectivity index (χ3n) is 7.56. The van der Waals surface area contributed by atoms with Gasteiger partial charge in [0.05, 0.1) is 42.3 Å². The van der Waals surface area contributed by atoms with Crippen LogP contribution in [-0.4, -0.2) is 58.3 Å². The van der Waals surface area contributed by atoms with Crippen molar-refractivity contribution in [2.45, 2.75) is 37.3 Å². The maximum Gasteiger partial charge on any atom is 0.433 e. The van der Waals surface area contributed by atoms with Gasteiger partial charge in [-0.25, -0.2) is 9.98 Å². The molecule has 5 heterocycles. The zero-order valence-corrected chi connectivity index (χ0v) is 22.0. The van der Waals surface area contributed by atoms with Crippen molar-refractivity contribution in [2.75, 3.05) is 28.7 Å². The summed E-state index contributed by atoms with van der Waals surface area (Å²) in [6.45, 7) is 0.789. The molecule has 2 aromatic heterocycles. The summed E-state index contributed by atoms with van der Waals surface area (Å²) in [4.78, 5) is 23.8. The Kier molecular flexibility index (Phi) is 6.38. The number of ether oxygens (including phenoxy) is 1. The van der Waals surface area contributed by atoms with Crippen molar-refractivity contribution >= 4 is 29.1 Å². The van der Waals surface area contributed by atoms with Gasteiger partial charge in [-0.05, 0) is 31.0 Å². The molecule has 2 N–H and O–H groups in total. The maximum absolute atomic E-state index is 13.6. The number of hydrogen-bond acceptors (Lipinski definition) is 9. The lowest BCUT2D eigenvalue weighted by Gasteiger charge is -2.36. The Balaban J connectivity index is 1.24. The Labute approximate surface area is 237 Å². The highest BCUT2D eigenvalue weighted by molar-refractivity contribution is 6.19. The van der Waals surface area contributed by atoms with Gasteiger partial charge in [0.2, 0.25) is 6.17 Å². The quantitative estimate of drug-likeness (QED) is 0.350. The van der Waals surface area contributed by atoms with Crippen LogP contribution in [0.3, 0.4) is 0 Å². The average Bonchev–Trinajstić information content (AvgIpc) is 3.51. The normalized spacial score (nSPS) is 21.8. The van der Waals surface area contributed by atoms with E-state index in [4.69, 9.17) is 14.1 Å². The zero-order valence-electron chi connectivity index (χ0n) is 22.0. The number of rotatable bonds is 5. The Bertz CT molecular complexity index is 1660. The van der Waals surface area contributed by atoms with E-state index in [1.54, 1.807) is 6.07 Å². The van der Waals surface area contributed by atoms with E-state index >= 15 is 0 Å². The summed E-state index contributed by atoms with van der Waals surface area (Å²) in [5, 5.41) is 13.9. The molecule has 13 heteroatoms. The van der Waals surface area contributed by atoms with Crippen molar-refractivity contribution in [3.63, 3.8) is 0 Å². The van der Waals surface area contributed by atoms with Crippen molar-refractivity contribution < 1.29 is 27.1 Å². The van der Waals surface area contributed by atoms with E-state index in [9.17, 15) is 18.0 Å². The maximum atomic E-state index is 13.6. The number of nitrogens with one attached hydrogen (secondary N) is 2. The van der Waals surface area contributed by atoms with Crippen LogP contribution in [0, 0.1) is 0 Å². The van der Waals surface area contributed by atoms with E-state index in [1.165, 1.54) is 6.07 Å². The van der Waals surface area contributed by atoms with Gasteiger partial charge in [0.15, 0.2) is 0 Å². The second kappa shape index (κ2) is 10.2. The number of halogens is 3. The molecule has 4 aromatic rings. The topological polar surface area (TPSA) is 118 Å². The molecule has 0 saturated carbocycles. The van der Waals surface area contributed by atoms with Crippen LogP contribution in [0.4, 0.5) is 30.7 Å². The summed E-state index contributed by atoms with van der Waals surface area (Å²) in [7, 11) is 0. The third-order valence-corrected chi connectivity index (χ3v) is 7.56. The molecule has 0 aliphatic carbocycles. The molecular formula is C29H24F3N7O3. The molecule has 214 valence electrons. The van der Waals surface area contributed by atoms with Crippen LogP contribution in [0.15, 0.2) is 76.1 Å². The highest BCUT2D eigenvalue weighted by Gasteiger charge is 2.42. The van der Waals surface area contributed by atoms with Crippen molar-refractivity contribution in [1.82, 2.24) is 15.2 Å². The molecule has 0 spiro atoms. The molecule has 2 bridgehead atoms. The van der Waals surface area contributed by atoms with E-state index < -0.39 is 23.9 Å². The number of carbonyl (C=O) groups is 1. The number of amides is 1. The fourth-order valence-corrected chi connectivity index (χ4v) is 5.63. The number of carbonyl (C=O) groups excluding carboxylic acids is 1. The number of alkyl halides is 3. The van der Waals surface area contributed by atoms with Gasteiger partial charge in [-0.2, -0.15) is 13.2 Å². The first-order valence-electron chi connectivity index (χ1n) is 13.4. The van der Waals surface area contributed by atoms with Crippen LogP contribution in [-0.2, 0) is 15.7 Å². The molecule has 2 aromatic carbocycles. The Morgan fingerprint density at radius 1 is 0.905 bits per heavy atom. The number of para-hydroxylation sites is 1. The van der Waals surface area contributed by atoms with Crippen molar-refractivity contribution in [3.8, 4) is 11.5 Å². The van der Waals surface area contributed by atoms with Crippen molar-refractivity contribution in [2.24, 2.45) is 4.99 Å². The van der Waals surface area contributed by atoms with Gasteiger partial charge >= 0.3 is 12.2 Å². The van der Waals surface area contributed by atoms with Crippen LogP contribution in [0.25, 0.3) is 11.5 Å². The Morgan fingerprint density at radius 2 is 1.64 bits per heavy atom. The first kappa shape index (κ1) is 26.1. The van der Waals surface area contributed by atoms with Gasteiger partial charge in [-0.1, -0.05) is 53.6 Å². The molecular weight excluding hydrogens is 551 g/mol. The van der Waals surface area contributed by atoms with Gasteiger partial charge in [-0.15, -0.1) is 5.10 Å². The van der Waals surface area contributed by atoms with E-state index in [0.717, 1.165) is 30.0 Å². The van der Waals surface area contributed by atoms with Crippen LogP contribution >= 0.6 is 0 Å². The zero-order chi connectivity index (χ0) is 28.8. The van der Waals surface area contributed by atoms with Gasteiger partial charge in [0, 0.05) is 11.1 Å². The number of benzene rings is 2. The van der Waals surface area contributed by atoms with E-state index in [0.29, 0.717) is 24.6 Å². The second-order valence-electron chi connectivity index (χ2n) is 10.2. The van der Waals surface area contributed by atoms with E-state index in [1.807, 2.05) is 53.4 Å². The standard InChI is InChI=1S/C29H24F3N7O3/c30-29(31,32)22-13-12-20(25(34-22)39-17-10-11-18(39)15-41-14-17)27-37-38-28(42-27)36-24-26(40)33-21-9-5-4-8-19(21)23(35-24)16-6-2-1-3-7-16/h1-9,12-13,17-18,24H,10-11,14-15H2,(H,33,40)(H,36,38)/t17?,18?,24-/m1/s1. The van der Waals surface area contributed by atoms with E-state index in [-0.39, 0.29) is 35.4 Å². The molecule has 0 radical (unpaired) electrons. The van der Waals surface area contributed by atoms with Crippen LogP contribution in [0.1, 0.15) is 29.7 Å².